The minimum Gasteiger partial charge on any atom is -0.172 e. The summed E-state index contributed by atoms with van der Waals surface area (Å²) < 4.78 is 14.8. The van der Waals surface area contributed by atoms with Gasteiger partial charge in [-0.05, 0) is 59.3 Å². The highest BCUT2D eigenvalue weighted by Crippen LogP contribution is 2.44. The monoisotopic (exact) mass is 512 g/mol. The summed E-state index contributed by atoms with van der Waals surface area (Å²) in [5, 5.41) is 9.70. The molecule has 0 aliphatic rings. The number of aromatic nitrogens is 2. The topological polar surface area (TPSA) is 25.8 Å². The zero-order chi connectivity index (χ0) is 21.5. The van der Waals surface area contributed by atoms with Gasteiger partial charge in [0.25, 0.3) is 0 Å². The molecule has 8 aromatic rings. The Morgan fingerprint density at radius 3 is 1.48 bits per heavy atom. The second-order valence-corrected chi connectivity index (χ2v) is 12.6. The molecule has 0 saturated heterocycles. The third kappa shape index (κ3) is 2.68. The summed E-state index contributed by atoms with van der Waals surface area (Å²) in [6, 6.07) is 22.5. The lowest BCUT2D eigenvalue weighted by Gasteiger charge is -2.03. The van der Waals surface area contributed by atoms with Crippen LogP contribution in [-0.4, -0.2) is 8.75 Å². The van der Waals surface area contributed by atoms with E-state index in [-0.39, 0.29) is 0 Å². The third-order valence-electron chi connectivity index (χ3n) is 6.21. The quantitative estimate of drug-likeness (QED) is 0.230. The van der Waals surface area contributed by atoms with E-state index in [0.717, 1.165) is 11.0 Å². The SMILES string of the molecule is c1cc2c(ccc3sc(-c4ccc(-c5cc6c(ccc7sccc76)s5)c5nsnc45)cc32)s1. The van der Waals surface area contributed by atoms with Gasteiger partial charge in [0.05, 0.1) is 11.7 Å². The Morgan fingerprint density at radius 1 is 0.485 bits per heavy atom. The Labute approximate surface area is 208 Å². The molecule has 7 heteroatoms. The molecule has 33 heavy (non-hydrogen) atoms. The summed E-state index contributed by atoms with van der Waals surface area (Å²) in [4.78, 5) is 2.51. The number of hydrogen-bond acceptors (Lipinski definition) is 7. The van der Waals surface area contributed by atoms with Crippen molar-refractivity contribution in [2.24, 2.45) is 0 Å². The van der Waals surface area contributed by atoms with Gasteiger partial charge >= 0.3 is 0 Å². The Balaban J connectivity index is 1.34. The van der Waals surface area contributed by atoms with Crippen molar-refractivity contribution >= 4 is 108 Å². The molecule has 0 aliphatic carbocycles. The average molecular weight is 513 g/mol. The molecule has 0 radical (unpaired) electrons. The predicted molar refractivity (Wildman–Crippen MR) is 150 cm³/mol. The maximum Gasteiger partial charge on any atom is 0.114 e. The molecule has 5 heterocycles. The first-order valence-corrected chi connectivity index (χ1v) is 14.5. The number of hydrogen-bond donors (Lipinski definition) is 0. The highest BCUT2D eigenvalue weighted by molar-refractivity contribution is 7.23. The Hall–Kier alpha value is -2.68. The van der Waals surface area contributed by atoms with Crippen LogP contribution >= 0.6 is 57.1 Å². The van der Waals surface area contributed by atoms with E-state index >= 15 is 0 Å². The van der Waals surface area contributed by atoms with Crippen molar-refractivity contribution in [1.82, 2.24) is 8.75 Å². The van der Waals surface area contributed by atoms with Crippen LogP contribution in [0.4, 0.5) is 0 Å². The number of rotatable bonds is 2. The molecule has 0 saturated carbocycles. The molecular formula is C26H12N2S5. The van der Waals surface area contributed by atoms with Crippen molar-refractivity contribution in [2.45, 2.75) is 0 Å². The molecule has 156 valence electrons. The predicted octanol–water partition coefficient (Wildman–Crippen LogP) is 9.88. The number of benzene rings is 3. The molecule has 0 N–H and O–H groups in total. The zero-order valence-corrected chi connectivity index (χ0v) is 20.9. The van der Waals surface area contributed by atoms with Gasteiger partial charge in [-0.15, -0.1) is 45.3 Å². The Morgan fingerprint density at radius 2 is 0.970 bits per heavy atom. The van der Waals surface area contributed by atoms with Crippen LogP contribution in [0.1, 0.15) is 0 Å². The minimum atomic E-state index is 1.00. The molecule has 3 aromatic carbocycles. The van der Waals surface area contributed by atoms with Crippen LogP contribution in [0, 0.1) is 0 Å². The second-order valence-electron chi connectivity index (χ2n) is 7.96. The van der Waals surface area contributed by atoms with Crippen LogP contribution in [0.3, 0.4) is 0 Å². The van der Waals surface area contributed by atoms with Crippen molar-refractivity contribution in [1.29, 1.82) is 0 Å². The van der Waals surface area contributed by atoms with Gasteiger partial charge < -0.3 is 0 Å². The molecule has 0 atom stereocenters. The van der Waals surface area contributed by atoms with Crippen molar-refractivity contribution in [3.63, 3.8) is 0 Å². The summed E-state index contributed by atoms with van der Waals surface area (Å²) >= 11 is 8.58. The molecule has 0 amide bonds. The van der Waals surface area contributed by atoms with Crippen molar-refractivity contribution in [2.75, 3.05) is 0 Å². The van der Waals surface area contributed by atoms with Gasteiger partial charge in [-0.3, -0.25) is 0 Å². The van der Waals surface area contributed by atoms with Gasteiger partial charge in [0.1, 0.15) is 11.0 Å². The van der Waals surface area contributed by atoms with Crippen LogP contribution < -0.4 is 0 Å². The summed E-state index contributed by atoms with van der Waals surface area (Å²) in [5.74, 6) is 0. The van der Waals surface area contributed by atoms with E-state index in [0.29, 0.717) is 0 Å². The first kappa shape index (κ1) is 18.7. The van der Waals surface area contributed by atoms with E-state index in [1.807, 2.05) is 22.7 Å². The largest absolute Gasteiger partial charge is 0.172 e. The maximum atomic E-state index is 4.74. The van der Waals surface area contributed by atoms with Gasteiger partial charge in [0.2, 0.25) is 0 Å². The highest BCUT2D eigenvalue weighted by Gasteiger charge is 2.18. The lowest BCUT2D eigenvalue weighted by Crippen LogP contribution is -1.81. The molecule has 5 aromatic heterocycles. The van der Waals surface area contributed by atoms with Gasteiger partial charge in [-0.2, -0.15) is 8.75 Å². The van der Waals surface area contributed by atoms with E-state index in [9.17, 15) is 0 Å². The Kier molecular flexibility index (Phi) is 3.92. The van der Waals surface area contributed by atoms with E-state index in [4.69, 9.17) is 8.75 Å². The van der Waals surface area contributed by atoms with E-state index in [1.165, 1.54) is 73.0 Å². The van der Waals surface area contributed by atoms with Crippen molar-refractivity contribution in [3.05, 3.63) is 71.4 Å². The van der Waals surface area contributed by atoms with Gasteiger partial charge in [-0.1, -0.05) is 12.1 Å². The normalized spacial score (nSPS) is 12.2. The maximum absolute atomic E-state index is 4.74. The fraction of sp³-hybridized carbons (Fsp3) is 0. The molecule has 0 unspecified atom stereocenters. The minimum absolute atomic E-state index is 1.00. The molecule has 0 spiro atoms. The van der Waals surface area contributed by atoms with Crippen LogP contribution in [0.5, 0.6) is 0 Å². The molecule has 0 bridgehead atoms. The number of thiophene rings is 4. The van der Waals surface area contributed by atoms with Crippen LogP contribution in [0.15, 0.2) is 71.4 Å². The molecule has 2 nitrogen and oxygen atoms in total. The van der Waals surface area contributed by atoms with Gasteiger partial charge in [0, 0.05) is 61.2 Å². The summed E-state index contributed by atoms with van der Waals surface area (Å²) in [5.41, 5.74) is 4.36. The summed E-state index contributed by atoms with van der Waals surface area (Å²) in [6.45, 7) is 0. The lowest BCUT2D eigenvalue weighted by atomic mass is 10.0. The van der Waals surface area contributed by atoms with Crippen LogP contribution in [-0.2, 0) is 0 Å². The zero-order valence-electron chi connectivity index (χ0n) is 16.9. The van der Waals surface area contributed by atoms with E-state index in [2.05, 4.69) is 71.4 Å². The third-order valence-corrected chi connectivity index (χ3v) is 10.8. The molecular weight excluding hydrogens is 501 g/mol. The highest BCUT2D eigenvalue weighted by atomic mass is 32.1. The number of nitrogens with zero attached hydrogens (tertiary/aromatic N) is 2. The number of fused-ring (bicyclic) bond motifs is 7. The Bertz CT molecular complexity index is 1850. The summed E-state index contributed by atoms with van der Waals surface area (Å²) in [6.07, 6.45) is 0. The van der Waals surface area contributed by atoms with Crippen LogP contribution in [0.25, 0.3) is 72.3 Å². The second kappa shape index (κ2) is 6.91. The average Bonchev–Trinajstić information content (AvgIpc) is 3.65. The van der Waals surface area contributed by atoms with E-state index in [1.54, 1.807) is 22.7 Å². The fourth-order valence-corrected chi connectivity index (χ4v) is 9.04. The van der Waals surface area contributed by atoms with Crippen molar-refractivity contribution < 1.29 is 0 Å². The van der Waals surface area contributed by atoms with Gasteiger partial charge in [0.15, 0.2) is 0 Å². The lowest BCUT2D eigenvalue weighted by molar-refractivity contribution is 1.64. The van der Waals surface area contributed by atoms with Gasteiger partial charge in [-0.25, -0.2) is 0 Å². The van der Waals surface area contributed by atoms with Crippen molar-refractivity contribution in [3.8, 4) is 20.9 Å². The first-order valence-electron chi connectivity index (χ1n) is 10.4. The molecule has 0 fully saturated rings. The van der Waals surface area contributed by atoms with E-state index < -0.39 is 0 Å². The molecule has 8 rings (SSSR count). The molecule has 0 aliphatic heterocycles. The summed E-state index contributed by atoms with van der Waals surface area (Å²) in [7, 11) is 0. The first-order chi connectivity index (χ1) is 16.3. The fourth-order valence-electron chi connectivity index (χ4n) is 4.66. The van der Waals surface area contributed by atoms with Crippen LogP contribution in [0.2, 0.25) is 0 Å². The smallest absolute Gasteiger partial charge is 0.114 e. The standard InChI is InChI=1S/C26H12N2S5/c1-2-16(24-12-18-14-8-10-30-20(14)4-6-22(18)32-24)26-25(27-33-28-26)15(1)23-11-17-13-7-9-29-19(13)3-5-21(17)31-23/h1-12H.